The summed E-state index contributed by atoms with van der Waals surface area (Å²) in [5, 5.41) is 4.47. The van der Waals surface area contributed by atoms with Crippen LogP contribution in [0.25, 0.3) is 17.3 Å². The molecule has 132 valence electrons. The van der Waals surface area contributed by atoms with Crippen molar-refractivity contribution in [2.75, 3.05) is 14.2 Å². The number of aromatic nitrogens is 3. The number of benzene rings is 1. The molecule has 2 aromatic heterocycles. The predicted molar refractivity (Wildman–Crippen MR) is 99.3 cm³/mol. The molecule has 3 aromatic rings. The lowest BCUT2D eigenvalue weighted by molar-refractivity contribution is 0.104. The topological polar surface area (TPSA) is 66.2 Å². The Bertz CT molecular complexity index is 946. The second kappa shape index (κ2) is 7.65. The van der Waals surface area contributed by atoms with Crippen LogP contribution >= 0.6 is 0 Å². The van der Waals surface area contributed by atoms with Gasteiger partial charge in [-0.2, -0.15) is 5.10 Å². The first-order valence-corrected chi connectivity index (χ1v) is 8.01. The van der Waals surface area contributed by atoms with Gasteiger partial charge in [-0.3, -0.25) is 14.5 Å². The molecule has 0 atom stereocenters. The number of ether oxygens (including phenoxy) is 2. The summed E-state index contributed by atoms with van der Waals surface area (Å²) in [5.41, 5.74) is 3.05. The van der Waals surface area contributed by atoms with Gasteiger partial charge >= 0.3 is 0 Å². The quantitative estimate of drug-likeness (QED) is 0.504. The Morgan fingerprint density at radius 3 is 2.58 bits per heavy atom. The average molecular weight is 349 g/mol. The molecular weight excluding hydrogens is 330 g/mol. The molecule has 0 amide bonds. The number of pyridine rings is 1. The second-order valence-corrected chi connectivity index (χ2v) is 5.61. The molecule has 0 aliphatic carbocycles. The Hall–Kier alpha value is -3.41. The number of ketones is 1. The molecule has 0 spiro atoms. The van der Waals surface area contributed by atoms with Crippen LogP contribution in [-0.2, 0) is 7.05 Å². The van der Waals surface area contributed by atoms with E-state index < -0.39 is 0 Å². The maximum atomic E-state index is 12.6. The minimum Gasteiger partial charge on any atom is -0.497 e. The number of aryl methyl sites for hydroxylation is 1. The van der Waals surface area contributed by atoms with Crippen molar-refractivity contribution in [3.63, 3.8) is 0 Å². The molecule has 2 heterocycles. The number of carbonyl (C=O) groups excluding carboxylic acids is 1. The second-order valence-electron chi connectivity index (χ2n) is 5.61. The first-order valence-electron chi connectivity index (χ1n) is 8.01. The summed E-state index contributed by atoms with van der Waals surface area (Å²) in [6, 6.07) is 8.88. The molecule has 0 saturated heterocycles. The first kappa shape index (κ1) is 17.4. The first-order chi connectivity index (χ1) is 12.6. The number of hydrogen-bond acceptors (Lipinski definition) is 5. The van der Waals surface area contributed by atoms with Gasteiger partial charge in [0.2, 0.25) is 0 Å². The maximum Gasteiger partial charge on any atom is 0.189 e. The molecule has 26 heavy (non-hydrogen) atoms. The summed E-state index contributed by atoms with van der Waals surface area (Å²) < 4.78 is 12.2. The summed E-state index contributed by atoms with van der Waals surface area (Å²) in [7, 11) is 4.94. The van der Waals surface area contributed by atoms with E-state index in [0.717, 1.165) is 16.8 Å². The minimum atomic E-state index is -0.158. The normalized spacial score (nSPS) is 10.9. The lowest BCUT2D eigenvalue weighted by atomic mass is 10.1. The molecule has 0 aliphatic rings. The molecule has 0 radical (unpaired) electrons. The smallest absolute Gasteiger partial charge is 0.189 e. The van der Waals surface area contributed by atoms with E-state index >= 15 is 0 Å². The van der Waals surface area contributed by atoms with Gasteiger partial charge in [0, 0.05) is 42.8 Å². The van der Waals surface area contributed by atoms with E-state index in [2.05, 4.69) is 10.1 Å². The number of hydrogen-bond donors (Lipinski definition) is 0. The van der Waals surface area contributed by atoms with Crippen LogP contribution in [0.2, 0.25) is 0 Å². The Labute approximate surface area is 151 Å². The van der Waals surface area contributed by atoms with Gasteiger partial charge in [0.05, 0.1) is 25.5 Å². The van der Waals surface area contributed by atoms with Crippen LogP contribution in [0, 0.1) is 0 Å². The van der Waals surface area contributed by atoms with E-state index in [4.69, 9.17) is 9.47 Å². The van der Waals surface area contributed by atoms with Crippen molar-refractivity contribution in [3.8, 4) is 22.8 Å². The van der Waals surface area contributed by atoms with Crippen molar-refractivity contribution in [2.24, 2.45) is 7.05 Å². The molecule has 6 nitrogen and oxygen atoms in total. The molecule has 0 saturated carbocycles. The zero-order chi connectivity index (χ0) is 18.5. The molecule has 0 bridgehead atoms. The average Bonchev–Trinajstić information content (AvgIpc) is 3.06. The molecule has 0 aliphatic heterocycles. The molecular formula is C20H19N3O3. The third-order valence-electron chi connectivity index (χ3n) is 3.90. The Morgan fingerprint density at radius 1 is 1.12 bits per heavy atom. The zero-order valence-corrected chi connectivity index (χ0v) is 14.8. The third kappa shape index (κ3) is 3.64. The molecule has 0 N–H and O–H groups in total. The Balaban J connectivity index is 1.90. The van der Waals surface area contributed by atoms with Crippen LogP contribution in [0.1, 0.15) is 15.9 Å². The lowest BCUT2D eigenvalue weighted by Gasteiger charge is -2.07. The summed E-state index contributed by atoms with van der Waals surface area (Å²) in [5.74, 6) is 0.947. The van der Waals surface area contributed by atoms with E-state index in [1.807, 2.05) is 25.4 Å². The molecule has 0 fully saturated rings. The van der Waals surface area contributed by atoms with Gasteiger partial charge in [-0.25, -0.2) is 0 Å². The van der Waals surface area contributed by atoms with Gasteiger partial charge in [0.1, 0.15) is 11.5 Å². The monoisotopic (exact) mass is 349 g/mol. The van der Waals surface area contributed by atoms with E-state index in [0.29, 0.717) is 17.1 Å². The van der Waals surface area contributed by atoms with Crippen LogP contribution in [-0.4, -0.2) is 34.8 Å². The van der Waals surface area contributed by atoms with Crippen molar-refractivity contribution in [3.05, 3.63) is 66.1 Å². The largest absolute Gasteiger partial charge is 0.497 e. The maximum absolute atomic E-state index is 12.6. The van der Waals surface area contributed by atoms with E-state index in [9.17, 15) is 4.79 Å². The van der Waals surface area contributed by atoms with Crippen LogP contribution in [0.5, 0.6) is 11.5 Å². The van der Waals surface area contributed by atoms with Gasteiger partial charge in [-0.15, -0.1) is 0 Å². The molecule has 3 rings (SSSR count). The summed E-state index contributed by atoms with van der Waals surface area (Å²) >= 11 is 0. The minimum absolute atomic E-state index is 0.158. The summed E-state index contributed by atoms with van der Waals surface area (Å²) in [6.45, 7) is 0. The highest BCUT2D eigenvalue weighted by Gasteiger charge is 2.12. The van der Waals surface area contributed by atoms with Gasteiger partial charge in [-0.05, 0) is 36.4 Å². The standard InChI is InChI=1S/C20H19N3O3/c1-23-13-15(20(22-23)14-8-10-21-11-9-14)4-7-18(24)17-6-5-16(25-2)12-19(17)26-3/h4-13H,1-3H3/b7-4+. The lowest BCUT2D eigenvalue weighted by Crippen LogP contribution is -1.99. The van der Waals surface area contributed by atoms with Crippen LogP contribution in [0.4, 0.5) is 0 Å². The van der Waals surface area contributed by atoms with Crippen molar-refractivity contribution in [2.45, 2.75) is 0 Å². The molecule has 1 aromatic carbocycles. The fourth-order valence-electron chi connectivity index (χ4n) is 2.62. The van der Waals surface area contributed by atoms with Gasteiger partial charge < -0.3 is 9.47 Å². The van der Waals surface area contributed by atoms with Gasteiger partial charge in [0.25, 0.3) is 0 Å². The number of rotatable bonds is 6. The van der Waals surface area contributed by atoms with E-state index in [1.54, 1.807) is 48.5 Å². The zero-order valence-electron chi connectivity index (χ0n) is 14.8. The Morgan fingerprint density at radius 2 is 1.88 bits per heavy atom. The summed E-state index contributed by atoms with van der Waals surface area (Å²) in [4.78, 5) is 16.6. The van der Waals surface area contributed by atoms with E-state index in [1.165, 1.54) is 13.2 Å². The number of carbonyl (C=O) groups is 1. The molecule has 6 heteroatoms. The highest BCUT2D eigenvalue weighted by molar-refractivity contribution is 6.09. The van der Waals surface area contributed by atoms with Gasteiger partial charge in [-0.1, -0.05) is 0 Å². The van der Waals surface area contributed by atoms with Crippen molar-refractivity contribution in [1.29, 1.82) is 0 Å². The van der Waals surface area contributed by atoms with Crippen LogP contribution in [0.15, 0.2) is 55.0 Å². The van der Waals surface area contributed by atoms with Crippen molar-refractivity contribution in [1.82, 2.24) is 14.8 Å². The number of allylic oxidation sites excluding steroid dienone is 1. The highest BCUT2D eigenvalue weighted by Crippen LogP contribution is 2.26. The number of nitrogens with zero attached hydrogens (tertiary/aromatic N) is 3. The van der Waals surface area contributed by atoms with E-state index in [-0.39, 0.29) is 5.78 Å². The fourth-order valence-corrected chi connectivity index (χ4v) is 2.62. The fraction of sp³-hybridized carbons (Fsp3) is 0.150. The van der Waals surface area contributed by atoms with Crippen molar-refractivity contribution >= 4 is 11.9 Å². The molecule has 0 unspecified atom stereocenters. The van der Waals surface area contributed by atoms with Gasteiger partial charge in [0.15, 0.2) is 5.78 Å². The summed E-state index contributed by atoms with van der Waals surface area (Å²) in [6.07, 6.45) is 8.57. The number of methoxy groups -OCH3 is 2. The van der Waals surface area contributed by atoms with Crippen LogP contribution in [0.3, 0.4) is 0 Å². The van der Waals surface area contributed by atoms with Crippen LogP contribution < -0.4 is 9.47 Å². The van der Waals surface area contributed by atoms with Crippen molar-refractivity contribution < 1.29 is 14.3 Å². The Kier molecular flexibility index (Phi) is 5.12. The predicted octanol–water partition coefficient (Wildman–Crippen LogP) is 3.40. The highest BCUT2D eigenvalue weighted by atomic mass is 16.5. The SMILES string of the molecule is COc1ccc(C(=O)/C=C/c2cn(C)nc2-c2ccncc2)c(OC)c1. The third-order valence-corrected chi connectivity index (χ3v) is 3.90.